The third kappa shape index (κ3) is 4.67. The molecule has 0 saturated carbocycles. The van der Waals surface area contributed by atoms with Crippen LogP contribution < -0.4 is 10.2 Å². The van der Waals surface area contributed by atoms with Gasteiger partial charge in [0.1, 0.15) is 5.82 Å². The molecule has 0 saturated heterocycles. The van der Waals surface area contributed by atoms with Gasteiger partial charge in [0, 0.05) is 19.6 Å². The zero-order valence-corrected chi connectivity index (χ0v) is 12.5. The molecule has 3 heteroatoms. The number of benzene rings is 1. The lowest BCUT2D eigenvalue weighted by atomic mass is 10.1. The Labute approximate surface area is 116 Å². The number of anilines is 1. The van der Waals surface area contributed by atoms with Crippen LogP contribution in [0.3, 0.4) is 0 Å². The molecule has 19 heavy (non-hydrogen) atoms. The van der Waals surface area contributed by atoms with E-state index in [2.05, 4.69) is 25.7 Å². The Bertz CT molecular complexity index is 429. The number of likely N-dealkylation sites (N-methyl/N-ethyl adjacent to an activating group) is 1. The second-order valence-electron chi connectivity index (χ2n) is 5.20. The van der Waals surface area contributed by atoms with E-state index in [-0.39, 0.29) is 11.9 Å². The molecule has 0 spiro atoms. The van der Waals surface area contributed by atoms with Crippen molar-refractivity contribution in [3.05, 3.63) is 41.7 Å². The van der Waals surface area contributed by atoms with Gasteiger partial charge in [0.05, 0.1) is 5.69 Å². The van der Waals surface area contributed by atoms with Crippen LogP contribution >= 0.6 is 0 Å². The van der Waals surface area contributed by atoms with Gasteiger partial charge >= 0.3 is 0 Å². The highest BCUT2D eigenvalue weighted by Gasteiger charge is 2.11. The van der Waals surface area contributed by atoms with Crippen molar-refractivity contribution in [1.29, 1.82) is 0 Å². The highest BCUT2D eigenvalue weighted by atomic mass is 19.1. The summed E-state index contributed by atoms with van der Waals surface area (Å²) in [6.45, 7) is 11.6. The van der Waals surface area contributed by atoms with E-state index in [4.69, 9.17) is 0 Å². The van der Waals surface area contributed by atoms with E-state index in [1.807, 2.05) is 31.0 Å². The van der Waals surface area contributed by atoms with E-state index in [1.165, 1.54) is 0 Å². The number of nitrogens with zero attached hydrogens (tertiary/aromatic N) is 1. The van der Waals surface area contributed by atoms with Crippen LogP contribution in [0.2, 0.25) is 0 Å². The minimum absolute atomic E-state index is 0.175. The quantitative estimate of drug-likeness (QED) is 0.751. The Morgan fingerprint density at radius 2 is 2.16 bits per heavy atom. The monoisotopic (exact) mass is 264 g/mol. The third-order valence-corrected chi connectivity index (χ3v) is 3.09. The highest BCUT2D eigenvalue weighted by molar-refractivity contribution is 5.49. The predicted octanol–water partition coefficient (Wildman–Crippen LogP) is 3.90. The molecule has 0 fully saturated rings. The third-order valence-electron chi connectivity index (χ3n) is 3.09. The van der Waals surface area contributed by atoms with Crippen LogP contribution in [0.1, 0.15) is 38.8 Å². The zero-order chi connectivity index (χ0) is 14.4. The van der Waals surface area contributed by atoms with E-state index in [1.54, 1.807) is 6.07 Å². The minimum atomic E-state index is -0.175. The van der Waals surface area contributed by atoms with Gasteiger partial charge in [-0.1, -0.05) is 25.1 Å². The minimum Gasteiger partial charge on any atom is -0.368 e. The second kappa shape index (κ2) is 7.29. The van der Waals surface area contributed by atoms with Crippen molar-refractivity contribution in [1.82, 2.24) is 5.32 Å². The fraction of sp³-hybridized carbons (Fsp3) is 0.500. The van der Waals surface area contributed by atoms with Crippen LogP contribution in [0.25, 0.3) is 0 Å². The summed E-state index contributed by atoms with van der Waals surface area (Å²) < 4.78 is 14.1. The number of halogens is 1. The van der Waals surface area contributed by atoms with Crippen molar-refractivity contribution in [2.24, 2.45) is 0 Å². The molecule has 0 aliphatic rings. The molecule has 0 amide bonds. The number of nitrogens with one attached hydrogen (secondary N) is 1. The van der Waals surface area contributed by atoms with Gasteiger partial charge in [0.2, 0.25) is 0 Å². The largest absolute Gasteiger partial charge is 0.368 e. The Balaban J connectivity index is 2.81. The Kier molecular flexibility index (Phi) is 6.03. The molecular weight excluding hydrogens is 239 g/mol. The van der Waals surface area contributed by atoms with Crippen molar-refractivity contribution in [2.45, 2.75) is 33.2 Å². The number of hydrogen-bond donors (Lipinski definition) is 1. The first-order valence-electron chi connectivity index (χ1n) is 6.84. The molecule has 1 aromatic rings. The second-order valence-corrected chi connectivity index (χ2v) is 5.20. The van der Waals surface area contributed by atoms with Gasteiger partial charge in [-0.2, -0.15) is 0 Å². The number of rotatable bonds is 7. The van der Waals surface area contributed by atoms with Gasteiger partial charge in [0.15, 0.2) is 0 Å². The molecule has 0 bridgehead atoms. The van der Waals surface area contributed by atoms with Crippen molar-refractivity contribution in [3.8, 4) is 0 Å². The van der Waals surface area contributed by atoms with Gasteiger partial charge < -0.3 is 10.2 Å². The Hall–Kier alpha value is -1.35. The lowest BCUT2D eigenvalue weighted by Crippen LogP contribution is -2.22. The lowest BCUT2D eigenvalue weighted by Gasteiger charge is -2.21. The smallest absolute Gasteiger partial charge is 0.146 e. The van der Waals surface area contributed by atoms with Crippen LogP contribution in [0.5, 0.6) is 0 Å². The molecule has 1 rings (SSSR count). The van der Waals surface area contributed by atoms with E-state index in [0.717, 1.165) is 24.1 Å². The maximum Gasteiger partial charge on any atom is 0.146 e. The molecule has 106 valence electrons. The summed E-state index contributed by atoms with van der Waals surface area (Å²) in [7, 11) is 1.88. The summed E-state index contributed by atoms with van der Waals surface area (Å²) in [5, 5.41) is 3.36. The van der Waals surface area contributed by atoms with Crippen molar-refractivity contribution >= 4 is 5.69 Å². The molecule has 1 atom stereocenters. The zero-order valence-electron chi connectivity index (χ0n) is 12.5. The molecule has 1 aromatic carbocycles. The molecule has 0 radical (unpaired) electrons. The maximum atomic E-state index is 14.1. The van der Waals surface area contributed by atoms with Crippen LogP contribution in [0.15, 0.2) is 30.4 Å². The topological polar surface area (TPSA) is 15.3 Å². The normalized spacial score (nSPS) is 12.3. The highest BCUT2D eigenvalue weighted by Crippen LogP contribution is 2.23. The van der Waals surface area contributed by atoms with Gasteiger partial charge in [-0.3, -0.25) is 0 Å². The van der Waals surface area contributed by atoms with E-state index < -0.39 is 0 Å². The van der Waals surface area contributed by atoms with Crippen LogP contribution in [0, 0.1) is 5.82 Å². The Morgan fingerprint density at radius 3 is 2.68 bits per heavy atom. The van der Waals surface area contributed by atoms with Crippen LogP contribution in [0.4, 0.5) is 10.1 Å². The first-order chi connectivity index (χ1) is 8.95. The van der Waals surface area contributed by atoms with Gasteiger partial charge in [-0.15, -0.1) is 0 Å². The first kappa shape index (κ1) is 15.7. The molecule has 0 aliphatic carbocycles. The molecule has 1 unspecified atom stereocenters. The average Bonchev–Trinajstić information content (AvgIpc) is 2.34. The van der Waals surface area contributed by atoms with Gasteiger partial charge in [0.25, 0.3) is 0 Å². The maximum absolute atomic E-state index is 14.1. The summed E-state index contributed by atoms with van der Waals surface area (Å²) in [6.07, 6.45) is 1.08. The molecule has 1 N–H and O–H groups in total. The standard InChI is InChI=1S/C16H25FN2/c1-6-9-18-13(4)14-7-8-16(15(17)10-14)19(5)11-12(2)3/h7-8,10,13,18H,2,6,9,11H2,1,3-5H3. The van der Waals surface area contributed by atoms with Crippen molar-refractivity contribution in [2.75, 3.05) is 25.0 Å². The lowest BCUT2D eigenvalue weighted by molar-refractivity contribution is 0.562. The summed E-state index contributed by atoms with van der Waals surface area (Å²) >= 11 is 0. The molecule has 2 nitrogen and oxygen atoms in total. The first-order valence-corrected chi connectivity index (χ1v) is 6.84. The average molecular weight is 264 g/mol. The SMILES string of the molecule is C=C(C)CN(C)c1ccc(C(C)NCCC)cc1F. The van der Waals surface area contributed by atoms with Crippen LogP contribution in [-0.4, -0.2) is 20.1 Å². The summed E-state index contributed by atoms with van der Waals surface area (Å²) in [5.74, 6) is -0.175. The fourth-order valence-corrected chi connectivity index (χ4v) is 2.07. The van der Waals surface area contributed by atoms with E-state index in [9.17, 15) is 4.39 Å². The molecule has 0 aromatic heterocycles. The number of hydrogen-bond acceptors (Lipinski definition) is 2. The van der Waals surface area contributed by atoms with E-state index >= 15 is 0 Å². The molecule has 0 aliphatic heterocycles. The van der Waals surface area contributed by atoms with Crippen molar-refractivity contribution in [3.63, 3.8) is 0 Å². The molecular formula is C16H25FN2. The summed E-state index contributed by atoms with van der Waals surface area (Å²) in [4.78, 5) is 1.88. The summed E-state index contributed by atoms with van der Waals surface area (Å²) in [6, 6.07) is 5.63. The predicted molar refractivity (Wildman–Crippen MR) is 81.2 cm³/mol. The van der Waals surface area contributed by atoms with Gasteiger partial charge in [-0.25, -0.2) is 4.39 Å². The van der Waals surface area contributed by atoms with Crippen LogP contribution in [-0.2, 0) is 0 Å². The fourth-order valence-electron chi connectivity index (χ4n) is 2.07. The van der Waals surface area contributed by atoms with E-state index in [0.29, 0.717) is 12.2 Å². The van der Waals surface area contributed by atoms with Gasteiger partial charge in [-0.05, 0) is 44.5 Å². The van der Waals surface area contributed by atoms with Crippen molar-refractivity contribution < 1.29 is 4.39 Å². The molecule has 0 heterocycles. The summed E-state index contributed by atoms with van der Waals surface area (Å²) in [5.41, 5.74) is 2.62. The Morgan fingerprint density at radius 1 is 1.47 bits per heavy atom.